The number of hydrogen-bond donors (Lipinski definition) is 1. The van der Waals surface area contributed by atoms with Crippen LogP contribution in [0.25, 0.3) is 0 Å². The standard InChI is InChI=1S/C18H33N5/c1-14-17(15(2)23(20-14)18(3,4)5)13-21-9-6-16(12-21)22-10-7-19-8-11-22/h16,19H,6-13H2,1-5H3. The van der Waals surface area contributed by atoms with Crippen LogP contribution in [0.15, 0.2) is 0 Å². The molecule has 3 rings (SSSR count). The Morgan fingerprint density at radius 3 is 2.43 bits per heavy atom. The zero-order chi connectivity index (χ0) is 16.6. The van der Waals surface area contributed by atoms with Gasteiger partial charge < -0.3 is 5.32 Å². The van der Waals surface area contributed by atoms with Crippen molar-refractivity contribution in [3.8, 4) is 0 Å². The molecule has 1 aromatic rings. The van der Waals surface area contributed by atoms with Gasteiger partial charge >= 0.3 is 0 Å². The highest BCUT2D eigenvalue weighted by atomic mass is 15.3. The van der Waals surface area contributed by atoms with Crippen LogP contribution < -0.4 is 5.32 Å². The van der Waals surface area contributed by atoms with E-state index in [1.807, 2.05) is 0 Å². The van der Waals surface area contributed by atoms with Crippen LogP contribution in [0.3, 0.4) is 0 Å². The average Bonchev–Trinajstić information content (AvgIpc) is 3.08. The maximum Gasteiger partial charge on any atom is 0.0641 e. The Labute approximate surface area is 141 Å². The zero-order valence-corrected chi connectivity index (χ0v) is 15.5. The second-order valence-corrected chi connectivity index (χ2v) is 8.20. The molecule has 2 fully saturated rings. The number of likely N-dealkylation sites (tertiary alicyclic amines) is 1. The smallest absolute Gasteiger partial charge is 0.0641 e. The van der Waals surface area contributed by atoms with Gasteiger partial charge in [0.2, 0.25) is 0 Å². The van der Waals surface area contributed by atoms with Crippen LogP contribution in [0.5, 0.6) is 0 Å². The Hall–Kier alpha value is -0.910. The van der Waals surface area contributed by atoms with Gasteiger partial charge in [0.1, 0.15) is 0 Å². The Balaban J connectivity index is 1.65. The van der Waals surface area contributed by atoms with Crippen LogP contribution in [-0.4, -0.2) is 64.9 Å². The molecule has 0 spiro atoms. The Morgan fingerprint density at radius 1 is 1.13 bits per heavy atom. The van der Waals surface area contributed by atoms with E-state index in [-0.39, 0.29) is 5.54 Å². The molecule has 2 aliphatic heterocycles. The van der Waals surface area contributed by atoms with E-state index in [0.29, 0.717) is 0 Å². The quantitative estimate of drug-likeness (QED) is 0.921. The van der Waals surface area contributed by atoms with Crippen molar-refractivity contribution in [2.45, 2.75) is 59.2 Å². The maximum absolute atomic E-state index is 4.80. The van der Waals surface area contributed by atoms with Gasteiger partial charge in [0, 0.05) is 63.1 Å². The molecular formula is C18H33N5. The molecule has 0 saturated carbocycles. The van der Waals surface area contributed by atoms with Crippen molar-refractivity contribution in [2.75, 3.05) is 39.3 Å². The molecule has 1 N–H and O–H groups in total. The lowest BCUT2D eigenvalue weighted by Crippen LogP contribution is -2.49. The molecule has 0 aromatic carbocycles. The summed E-state index contributed by atoms with van der Waals surface area (Å²) in [7, 11) is 0. The van der Waals surface area contributed by atoms with Crippen molar-refractivity contribution in [3.63, 3.8) is 0 Å². The molecule has 0 amide bonds. The molecule has 5 nitrogen and oxygen atoms in total. The van der Waals surface area contributed by atoms with Crippen molar-refractivity contribution in [1.82, 2.24) is 24.9 Å². The highest BCUT2D eigenvalue weighted by Crippen LogP contribution is 2.25. The second kappa shape index (κ2) is 6.54. The fraction of sp³-hybridized carbons (Fsp3) is 0.833. The number of aryl methyl sites for hydroxylation is 1. The molecule has 2 saturated heterocycles. The fourth-order valence-electron chi connectivity index (χ4n) is 4.08. The Kier molecular flexibility index (Phi) is 4.81. The summed E-state index contributed by atoms with van der Waals surface area (Å²) in [5.74, 6) is 0. The molecule has 1 aromatic heterocycles. The van der Waals surface area contributed by atoms with Crippen LogP contribution in [0, 0.1) is 13.8 Å². The van der Waals surface area contributed by atoms with Gasteiger partial charge in [0.05, 0.1) is 11.2 Å². The minimum atomic E-state index is 0.0570. The number of nitrogens with one attached hydrogen (secondary N) is 1. The monoisotopic (exact) mass is 319 g/mol. The zero-order valence-electron chi connectivity index (χ0n) is 15.5. The number of piperazine rings is 1. The third kappa shape index (κ3) is 3.62. The molecule has 130 valence electrons. The summed E-state index contributed by atoms with van der Waals surface area (Å²) in [6.07, 6.45) is 1.31. The van der Waals surface area contributed by atoms with E-state index in [1.54, 1.807) is 0 Å². The number of nitrogens with zero attached hydrogens (tertiary/aromatic N) is 4. The summed E-state index contributed by atoms with van der Waals surface area (Å²) in [6, 6.07) is 0.746. The van der Waals surface area contributed by atoms with E-state index in [9.17, 15) is 0 Å². The SMILES string of the molecule is Cc1nn(C(C)(C)C)c(C)c1CN1CCC(N2CCNCC2)C1. The number of rotatable bonds is 3. The van der Waals surface area contributed by atoms with Gasteiger partial charge in [-0.15, -0.1) is 0 Å². The van der Waals surface area contributed by atoms with Gasteiger partial charge in [0.15, 0.2) is 0 Å². The van der Waals surface area contributed by atoms with Gasteiger partial charge in [0.25, 0.3) is 0 Å². The first-order valence-electron chi connectivity index (χ1n) is 9.09. The van der Waals surface area contributed by atoms with E-state index in [0.717, 1.165) is 25.7 Å². The summed E-state index contributed by atoms with van der Waals surface area (Å²) in [5.41, 5.74) is 4.02. The van der Waals surface area contributed by atoms with Crippen molar-refractivity contribution < 1.29 is 0 Å². The molecule has 5 heteroatoms. The molecular weight excluding hydrogens is 286 g/mol. The van der Waals surface area contributed by atoms with Crippen LogP contribution >= 0.6 is 0 Å². The van der Waals surface area contributed by atoms with E-state index in [1.165, 1.54) is 49.6 Å². The van der Waals surface area contributed by atoms with Crippen LogP contribution in [-0.2, 0) is 12.1 Å². The van der Waals surface area contributed by atoms with Gasteiger partial charge in [-0.1, -0.05) is 0 Å². The lowest BCUT2D eigenvalue weighted by atomic mass is 10.1. The normalized spacial score (nSPS) is 24.5. The van der Waals surface area contributed by atoms with Gasteiger partial charge in [-0.25, -0.2) is 0 Å². The van der Waals surface area contributed by atoms with Gasteiger partial charge in [-0.3, -0.25) is 14.5 Å². The van der Waals surface area contributed by atoms with Gasteiger partial charge in [-0.2, -0.15) is 5.10 Å². The first kappa shape index (κ1) is 16.9. The molecule has 2 aliphatic rings. The predicted octanol–water partition coefficient (Wildman–Crippen LogP) is 1.73. The summed E-state index contributed by atoms with van der Waals surface area (Å²) >= 11 is 0. The van der Waals surface area contributed by atoms with E-state index >= 15 is 0 Å². The summed E-state index contributed by atoms with van der Waals surface area (Å²) in [4.78, 5) is 5.30. The molecule has 1 atom stereocenters. The van der Waals surface area contributed by atoms with Crippen molar-refractivity contribution >= 4 is 0 Å². The maximum atomic E-state index is 4.80. The molecule has 0 aliphatic carbocycles. The van der Waals surface area contributed by atoms with Crippen molar-refractivity contribution in [3.05, 3.63) is 17.0 Å². The third-order valence-electron chi connectivity index (χ3n) is 5.37. The second-order valence-electron chi connectivity index (χ2n) is 8.20. The van der Waals surface area contributed by atoms with E-state index in [2.05, 4.69) is 54.4 Å². The van der Waals surface area contributed by atoms with Crippen molar-refractivity contribution in [2.24, 2.45) is 0 Å². The van der Waals surface area contributed by atoms with E-state index in [4.69, 9.17) is 5.10 Å². The molecule has 3 heterocycles. The Bertz CT molecular complexity index is 536. The summed E-state index contributed by atoms with van der Waals surface area (Å²) < 4.78 is 2.20. The summed E-state index contributed by atoms with van der Waals surface area (Å²) in [6.45, 7) is 19.3. The summed E-state index contributed by atoms with van der Waals surface area (Å²) in [5, 5.41) is 8.26. The fourth-order valence-corrected chi connectivity index (χ4v) is 4.08. The highest BCUT2D eigenvalue weighted by molar-refractivity contribution is 5.25. The molecule has 23 heavy (non-hydrogen) atoms. The minimum absolute atomic E-state index is 0.0570. The van der Waals surface area contributed by atoms with Gasteiger partial charge in [-0.05, 0) is 41.0 Å². The van der Waals surface area contributed by atoms with Crippen LogP contribution in [0.1, 0.15) is 44.1 Å². The average molecular weight is 319 g/mol. The first-order chi connectivity index (χ1) is 10.9. The largest absolute Gasteiger partial charge is 0.314 e. The van der Waals surface area contributed by atoms with Crippen molar-refractivity contribution in [1.29, 1.82) is 0 Å². The molecule has 1 unspecified atom stereocenters. The molecule has 0 radical (unpaired) electrons. The number of aromatic nitrogens is 2. The topological polar surface area (TPSA) is 36.3 Å². The first-order valence-corrected chi connectivity index (χ1v) is 9.09. The van der Waals surface area contributed by atoms with Crippen LogP contribution in [0.4, 0.5) is 0 Å². The molecule has 0 bridgehead atoms. The lowest BCUT2D eigenvalue weighted by Gasteiger charge is -2.32. The third-order valence-corrected chi connectivity index (χ3v) is 5.37. The van der Waals surface area contributed by atoms with Crippen LogP contribution in [0.2, 0.25) is 0 Å². The lowest BCUT2D eigenvalue weighted by molar-refractivity contribution is 0.170. The highest BCUT2D eigenvalue weighted by Gasteiger charge is 2.30. The Morgan fingerprint density at radius 2 is 1.83 bits per heavy atom. The van der Waals surface area contributed by atoms with E-state index < -0.39 is 0 Å². The number of hydrogen-bond acceptors (Lipinski definition) is 4. The minimum Gasteiger partial charge on any atom is -0.314 e. The predicted molar refractivity (Wildman–Crippen MR) is 94.8 cm³/mol.